The number of nitrogens with two attached hydrogens (primary N) is 1. The third-order valence-corrected chi connectivity index (χ3v) is 4.27. The number of aryl methyl sites for hydroxylation is 1. The molecule has 0 unspecified atom stereocenters. The summed E-state index contributed by atoms with van der Waals surface area (Å²) in [6.45, 7) is 2.04. The molecule has 0 saturated carbocycles. The fourth-order valence-electron chi connectivity index (χ4n) is 2.77. The van der Waals surface area contributed by atoms with E-state index in [-0.39, 0.29) is 6.61 Å². The summed E-state index contributed by atoms with van der Waals surface area (Å²) in [6, 6.07) is 14.8. The molecule has 0 atom stereocenters. The van der Waals surface area contributed by atoms with Crippen molar-refractivity contribution in [2.45, 2.75) is 13.5 Å². The number of carbonyl (C=O) groups is 1. The lowest BCUT2D eigenvalue weighted by Gasteiger charge is -2.15. The van der Waals surface area contributed by atoms with E-state index in [1.54, 1.807) is 18.2 Å². The molecule has 3 aromatic carbocycles. The van der Waals surface area contributed by atoms with E-state index < -0.39 is 17.7 Å². The van der Waals surface area contributed by atoms with Crippen molar-refractivity contribution in [1.29, 1.82) is 0 Å². The van der Waals surface area contributed by atoms with Gasteiger partial charge in [-0.15, -0.1) is 0 Å². The van der Waals surface area contributed by atoms with Crippen molar-refractivity contribution in [3.05, 3.63) is 83.4 Å². The second kappa shape index (κ2) is 8.49. The summed E-state index contributed by atoms with van der Waals surface area (Å²) < 4.78 is 33.2. The summed E-state index contributed by atoms with van der Waals surface area (Å²) in [5, 5.41) is 2.64. The van der Waals surface area contributed by atoms with Crippen LogP contribution in [-0.2, 0) is 6.61 Å². The van der Waals surface area contributed by atoms with Crippen LogP contribution < -0.4 is 21.3 Å². The number of hydrogen-bond donors (Lipinski definition) is 3. The largest absolute Gasteiger partial charge is 0.489 e. The van der Waals surface area contributed by atoms with Crippen molar-refractivity contribution < 1.29 is 18.3 Å². The average Bonchev–Trinajstić information content (AvgIpc) is 2.69. The molecule has 0 aliphatic rings. The van der Waals surface area contributed by atoms with Crippen molar-refractivity contribution >= 4 is 11.7 Å². The van der Waals surface area contributed by atoms with Crippen LogP contribution in [0.25, 0.3) is 11.1 Å². The lowest BCUT2D eigenvalue weighted by molar-refractivity contribution is 0.252. The number of amides is 2. The van der Waals surface area contributed by atoms with Crippen LogP contribution in [0.4, 0.5) is 19.3 Å². The standard InChI is InChI=1S/C21H19F2N3O2/c1-13-3-2-4-20(25-21(27)26-24)18(13)12-28-16-9-10-19(23)17(11-16)14-5-7-15(22)8-6-14/h2-11H,12,24H2,1H3,(H2,25,26,27). The third kappa shape index (κ3) is 4.44. The van der Waals surface area contributed by atoms with Crippen molar-refractivity contribution in [3.8, 4) is 16.9 Å². The molecule has 144 valence electrons. The van der Waals surface area contributed by atoms with Gasteiger partial charge in [0.05, 0.1) is 0 Å². The molecular formula is C21H19F2N3O2. The Bertz CT molecular complexity index is 991. The van der Waals surface area contributed by atoms with Gasteiger partial charge in [-0.25, -0.2) is 19.4 Å². The lowest BCUT2D eigenvalue weighted by Crippen LogP contribution is -2.34. The van der Waals surface area contributed by atoms with Gasteiger partial charge < -0.3 is 10.1 Å². The summed E-state index contributed by atoms with van der Waals surface area (Å²) in [7, 11) is 0. The minimum Gasteiger partial charge on any atom is -0.489 e. The van der Waals surface area contributed by atoms with Crippen molar-refractivity contribution in [1.82, 2.24) is 5.43 Å². The Morgan fingerprint density at radius 1 is 1.07 bits per heavy atom. The SMILES string of the molecule is Cc1cccc(NC(=O)NN)c1COc1ccc(F)c(-c2ccc(F)cc2)c1. The summed E-state index contributed by atoms with van der Waals surface area (Å²) in [6.07, 6.45) is 0. The average molecular weight is 383 g/mol. The van der Waals surface area contributed by atoms with E-state index in [9.17, 15) is 13.6 Å². The van der Waals surface area contributed by atoms with Crippen LogP contribution in [-0.4, -0.2) is 6.03 Å². The maximum atomic E-state index is 14.2. The van der Waals surface area contributed by atoms with E-state index in [4.69, 9.17) is 10.6 Å². The maximum absolute atomic E-state index is 14.2. The van der Waals surface area contributed by atoms with Gasteiger partial charge in [0, 0.05) is 16.8 Å². The van der Waals surface area contributed by atoms with Gasteiger partial charge in [0.2, 0.25) is 0 Å². The van der Waals surface area contributed by atoms with Gasteiger partial charge in [0.15, 0.2) is 0 Å². The molecule has 7 heteroatoms. The molecule has 5 nitrogen and oxygen atoms in total. The topological polar surface area (TPSA) is 76.4 Å². The molecule has 0 spiro atoms. The minimum atomic E-state index is -0.549. The van der Waals surface area contributed by atoms with E-state index in [0.717, 1.165) is 11.1 Å². The molecule has 4 N–H and O–H groups in total. The van der Waals surface area contributed by atoms with Crippen LogP contribution in [0.5, 0.6) is 5.75 Å². The van der Waals surface area contributed by atoms with Crippen LogP contribution >= 0.6 is 0 Å². The Hall–Kier alpha value is -3.45. The number of carbonyl (C=O) groups excluding carboxylic acids is 1. The number of urea groups is 1. The Morgan fingerprint density at radius 3 is 2.54 bits per heavy atom. The highest BCUT2D eigenvalue weighted by molar-refractivity contribution is 5.89. The van der Waals surface area contributed by atoms with Crippen LogP contribution in [0.15, 0.2) is 60.7 Å². The van der Waals surface area contributed by atoms with Crippen molar-refractivity contribution in [2.24, 2.45) is 5.84 Å². The first-order valence-electron chi connectivity index (χ1n) is 8.52. The van der Waals surface area contributed by atoms with Crippen LogP contribution in [0.2, 0.25) is 0 Å². The zero-order chi connectivity index (χ0) is 20.1. The minimum absolute atomic E-state index is 0.154. The van der Waals surface area contributed by atoms with Gasteiger partial charge in [-0.2, -0.15) is 0 Å². The molecule has 28 heavy (non-hydrogen) atoms. The van der Waals surface area contributed by atoms with Gasteiger partial charge in [0.25, 0.3) is 0 Å². The third-order valence-electron chi connectivity index (χ3n) is 4.27. The Labute approximate surface area is 161 Å². The molecule has 0 radical (unpaired) electrons. The molecule has 0 saturated heterocycles. The number of ether oxygens (including phenoxy) is 1. The normalized spacial score (nSPS) is 10.4. The highest BCUT2D eigenvalue weighted by Crippen LogP contribution is 2.29. The number of benzene rings is 3. The summed E-state index contributed by atoms with van der Waals surface area (Å²) in [4.78, 5) is 11.5. The Balaban J connectivity index is 1.83. The van der Waals surface area contributed by atoms with Crippen molar-refractivity contribution in [2.75, 3.05) is 5.32 Å². The van der Waals surface area contributed by atoms with Gasteiger partial charge in [-0.1, -0.05) is 24.3 Å². The van der Waals surface area contributed by atoms with E-state index in [1.165, 1.54) is 36.4 Å². The van der Waals surface area contributed by atoms with Crippen LogP contribution in [0.3, 0.4) is 0 Å². The smallest absolute Gasteiger partial charge is 0.333 e. The first kappa shape index (κ1) is 19.3. The molecular weight excluding hydrogens is 364 g/mol. The summed E-state index contributed by atoms with van der Waals surface area (Å²) in [5.41, 5.74) is 5.10. The van der Waals surface area contributed by atoms with E-state index >= 15 is 0 Å². The van der Waals surface area contributed by atoms with Crippen molar-refractivity contribution in [3.63, 3.8) is 0 Å². The number of anilines is 1. The first-order valence-corrected chi connectivity index (χ1v) is 8.52. The lowest BCUT2D eigenvalue weighted by atomic mass is 10.0. The predicted octanol–water partition coefficient (Wildman–Crippen LogP) is 4.51. The van der Waals surface area contributed by atoms with E-state index in [2.05, 4.69) is 5.32 Å². The predicted molar refractivity (Wildman–Crippen MR) is 104 cm³/mol. The first-order chi connectivity index (χ1) is 13.5. The molecule has 3 aromatic rings. The Kier molecular flexibility index (Phi) is 5.86. The molecule has 0 fully saturated rings. The highest BCUT2D eigenvalue weighted by Gasteiger charge is 2.11. The van der Waals surface area contributed by atoms with Gasteiger partial charge in [-0.3, -0.25) is 5.43 Å². The number of rotatable bonds is 5. The summed E-state index contributed by atoms with van der Waals surface area (Å²) in [5.74, 6) is 4.73. The van der Waals surface area contributed by atoms with E-state index in [0.29, 0.717) is 22.6 Å². The van der Waals surface area contributed by atoms with E-state index in [1.807, 2.05) is 18.4 Å². The second-order valence-electron chi connectivity index (χ2n) is 6.14. The molecule has 3 rings (SSSR count). The fraction of sp³-hybridized carbons (Fsp3) is 0.0952. The molecule has 2 amide bonds. The molecule has 0 aliphatic carbocycles. The maximum Gasteiger partial charge on any atom is 0.333 e. The van der Waals surface area contributed by atoms with Gasteiger partial charge >= 0.3 is 6.03 Å². The molecule has 0 aliphatic heterocycles. The quantitative estimate of drug-likeness (QED) is 0.345. The van der Waals surface area contributed by atoms with Gasteiger partial charge in [-0.05, 0) is 54.4 Å². The summed E-state index contributed by atoms with van der Waals surface area (Å²) >= 11 is 0. The Morgan fingerprint density at radius 2 is 1.82 bits per heavy atom. The molecule has 0 aromatic heterocycles. The zero-order valence-corrected chi connectivity index (χ0v) is 15.1. The number of halogens is 2. The second-order valence-corrected chi connectivity index (χ2v) is 6.14. The number of hydrogen-bond acceptors (Lipinski definition) is 3. The fourth-order valence-corrected chi connectivity index (χ4v) is 2.77. The van der Waals surface area contributed by atoms with Crippen LogP contribution in [0.1, 0.15) is 11.1 Å². The van der Waals surface area contributed by atoms with Crippen LogP contribution in [0, 0.1) is 18.6 Å². The number of nitrogens with one attached hydrogen (secondary N) is 2. The molecule has 0 heterocycles. The monoisotopic (exact) mass is 383 g/mol. The molecule has 0 bridgehead atoms. The number of hydrazine groups is 1. The van der Waals surface area contributed by atoms with Gasteiger partial charge in [0.1, 0.15) is 24.0 Å². The highest BCUT2D eigenvalue weighted by atomic mass is 19.1. The zero-order valence-electron chi connectivity index (χ0n) is 15.1.